The Morgan fingerprint density at radius 3 is 2.78 bits per heavy atom. The average molecular weight is 571 g/mol. The Morgan fingerprint density at radius 1 is 1.28 bits per heavy atom. The number of anilines is 2. The summed E-state index contributed by atoms with van der Waals surface area (Å²) in [6.07, 6.45) is 8.40. The van der Waals surface area contributed by atoms with E-state index in [-0.39, 0.29) is 12.6 Å². The maximum Gasteiger partial charge on any atom is 0.160 e. The normalized spacial score (nSPS) is 20.4. The number of nitrogens with zero attached hydrogens (tertiary/aromatic N) is 6. The lowest BCUT2D eigenvalue weighted by Crippen LogP contribution is -2.53. The van der Waals surface area contributed by atoms with Crippen LogP contribution in [0.15, 0.2) is 18.5 Å². The molecule has 1 aliphatic heterocycles. The summed E-state index contributed by atoms with van der Waals surface area (Å²) in [6.45, 7) is 1.89. The highest BCUT2D eigenvalue weighted by atomic mass is 127. The first-order valence-electron chi connectivity index (χ1n) is 10.8. The number of alkyl halides is 1. The molecule has 3 aromatic rings. The Morgan fingerprint density at radius 2 is 2.09 bits per heavy atom. The standard InChI is InChI=1S/C20H24FIN7O2P/c1-30-26-16-10-29(32-22)24-18(16)15-6-17-14(7-23-15)19(25-28(17)11-20(21)4-5-20)27-8-13(9-27)31-12-2-3-12/h6-7,10,12-13,26,32H,2-5,8-9,11H2,1H3. The van der Waals surface area contributed by atoms with Gasteiger partial charge in [-0.25, -0.2) is 8.84 Å². The van der Waals surface area contributed by atoms with Crippen molar-refractivity contribution in [1.82, 2.24) is 24.3 Å². The Labute approximate surface area is 199 Å². The molecule has 6 rings (SSSR count). The molecule has 3 aromatic heterocycles. The molecule has 1 atom stereocenters. The molecule has 12 heteroatoms. The summed E-state index contributed by atoms with van der Waals surface area (Å²) in [5.74, 6) is 0.855. The van der Waals surface area contributed by atoms with E-state index in [2.05, 4.69) is 37.5 Å². The van der Waals surface area contributed by atoms with Gasteiger partial charge in [0.25, 0.3) is 0 Å². The van der Waals surface area contributed by atoms with Crippen molar-refractivity contribution in [1.29, 1.82) is 0 Å². The van der Waals surface area contributed by atoms with Gasteiger partial charge in [-0.2, -0.15) is 10.2 Å². The topological polar surface area (TPSA) is 82.3 Å². The number of fused-ring (bicyclic) bond motifs is 1. The Balaban J connectivity index is 1.36. The lowest BCUT2D eigenvalue weighted by Gasteiger charge is -2.39. The first-order valence-corrected chi connectivity index (χ1v) is 14.8. The van der Waals surface area contributed by atoms with E-state index in [1.54, 1.807) is 11.8 Å². The van der Waals surface area contributed by atoms with Crippen LogP contribution in [0.5, 0.6) is 0 Å². The van der Waals surface area contributed by atoms with Crippen molar-refractivity contribution in [2.75, 3.05) is 30.6 Å². The third kappa shape index (κ3) is 3.97. The predicted molar refractivity (Wildman–Crippen MR) is 130 cm³/mol. The zero-order valence-electron chi connectivity index (χ0n) is 17.6. The van der Waals surface area contributed by atoms with Crippen LogP contribution in [0.1, 0.15) is 25.7 Å². The lowest BCUT2D eigenvalue weighted by atomic mass is 10.1. The second-order valence-corrected chi connectivity index (χ2v) is 10.9. The van der Waals surface area contributed by atoms with Gasteiger partial charge in [0.1, 0.15) is 17.1 Å². The molecule has 0 spiro atoms. The van der Waals surface area contributed by atoms with Gasteiger partial charge < -0.3 is 9.64 Å². The van der Waals surface area contributed by atoms with E-state index in [1.165, 1.54) is 12.8 Å². The van der Waals surface area contributed by atoms with Gasteiger partial charge in [0.2, 0.25) is 0 Å². The van der Waals surface area contributed by atoms with Crippen molar-refractivity contribution < 1.29 is 14.0 Å². The van der Waals surface area contributed by atoms with Crippen molar-refractivity contribution in [3.63, 3.8) is 0 Å². The van der Waals surface area contributed by atoms with Crippen molar-refractivity contribution in [2.24, 2.45) is 0 Å². The van der Waals surface area contributed by atoms with Gasteiger partial charge in [-0.3, -0.25) is 20.0 Å². The van der Waals surface area contributed by atoms with E-state index in [0.29, 0.717) is 36.7 Å². The Hall–Kier alpha value is -1.56. The minimum absolute atomic E-state index is 0.256. The summed E-state index contributed by atoms with van der Waals surface area (Å²) in [4.78, 5) is 12.0. The van der Waals surface area contributed by atoms with Crippen LogP contribution < -0.4 is 10.4 Å². The van der Waals surface area contributed by atoms with Crippen molar-refractivity contribution >= 4 is 50.8 Å². The second kappa shape index (κ2) is 8.03. The fraction of sp³-hybridized carbons (Fsp3) is 0.550. The molecular weight excluding hydrogens is 547 g/mol. The van der Waals surface area contributed by atoms with Gasteiger partial charge in [-0.15, -0.1) is 0 Å². The number of hydrogen-bond donors (Lipinski definition) is 1. The van der Waals surface area contributed by atoms with Gasteiger partial charge in [0.05, 0.1) is 55.0 Å². The third-order valence-electron chi connectivity index (χ3n) is 6.15. The zero-order valence-corrected chi connectivity index (χ0v) is 20.7. The first kappa shape index (κ1) is 21.0. The van der Waals surface area contributed by atoms with Crippen molar-refractivity contribution in [3.8, 4) is 11.4 Å². The monoisotopic (exact) mass is 571 g/mol. The zero-order chi connectivity index (χ0) is 21.9. The highest BCUT2D eigenvalue weighted by Gasteiger charge is 2.44. The quantitative estimate of drug-likeness (QED) is 0.237. The molecule has 2 aliphatic carbocycles. The molecule has 0 amide bonds. The molecule has 4 heterocycles. The number of hydrogen-bond acceptors (Lipinski definition) is 7. The van der Waals surface area contributed by atoms with Crippen molar-refractivity contribution in [3.05, 3.63) is 18.5 Å². The van der Waals surface area contributed by atoms with Gasteiger partial charge in [0.15, 0.2) is 5.82 Å². The Kier molecular flexibility index (Phi) is 5.27. The maximum absolute atomic E-state index is 14.7. The van der Waals surface area contributed by atoms with Gasteiger partial charge in [-0.1, -0.05) is 0 Å². The van der Waals surface area contributed by atoms with Crippen LogP contribution in [0, 0.1) is 0 Å². The predicted octanol–water partition coefficient (Wildman–Crippen LogP) is 3.93. The first-order chi connectivity index (χ1) is 15.5. The molecule has 0 aromatic carbocycles. The number of aromatic nitrogens is 5. The van der Waals surface area contributed by atoms with E-state index in [1.807, 2.05) is 22.9 Å². The third-order valence-corrected chi connectivity index (χ3v) is 8.04. The van der Waals surface area contributed by atoms with E-state index >= 15 is 0 Å². The summed E-state index contributed by atoms with van der Waals surface area (Å²) in [7, 11) is 1.56. The van der Waals surface area contributed by atoms with Crippen molar-refractivity contribution in [2.45, 2.75) is 50.1 Å². The smallest absolute Gasteiger partial charge is 0.160 e. The molecule has 2 saturated carbocycles. The average Bonchev–Trinajstić information content (AvgIpc) is 3.65. The van der Waals surface area contributed by atoms with Crippen LogP contribution in [0.2, 0.25) is 0 Å². The molecular formula is C20H24FIN7O2P. The summed E-state index contributed by atoms with van der Waals surface area (Å²) >= 11 is 2.27. The minimum atomic E-state index is -1.15. The maximum atomic E-state index is 14.7. The Bertz CT molecular complexity index is 1160. The summed E-state index contributed by atoms with van der Waals surface area (Å²) in [5.41, 5.74) is 4.72. The number of rotatable bonds is 9. The lowest BCUT2D eigenvalue weighted by molar-refractivity contribution is 0.0217. The second-order valence-electron chi connectivity index (χ2n) is 8.81. The minimum Gasteiger partial charge on any atom is -0.371 e. The fourth-order valence-corrected chi connectivity index (χ4v) is 5.12. The van der Waals surface area contributed by atoms with Gasteiger partial charge in [0, 0.05) is 19.3 Å². The van der Waals surface area contributed by atoms with Crippen LogP contribution in [0.25, 0.3) is 22.3 Å². The molecule has 0 bridgehead atoms. The molecule has 170 valence electrons. The van der Waals surface area contributed by atoms with Crippen LogP contribution >= 0.6 is 28.4 Å². The largest absolute Gasteiger partial charge is 0.371 e. The molecule has 0 radical (unpaired) electrons. The molecule has 1 unspecified atom stereocenters. The summed E-state index contributed by atoms with van der Waals surface area (Å²) in [6, 6.07) is 1.96. The summed E-state index contributed by atoms with van der Waals surface area (Å²) < 4.78 is 24.4. The molecule has 1 saturated heterocycles. The molecule has 1 N–H and O–H groups in total. The number of nitrogens with one attached hydrogen (secondary N) is 1. The number of pyridine rings is 1. The van der Waals surface area contributed by atoms with Crippen LogP contribution in [0.4, 0.5) is 15.9 Å². The highest BCUT2D eigenvalue weighted by molar-refractivity contribution is 14.2. The molecule has 32 heavy (non-hydrogen) atoms. The van der Waals surface area contributed by atoms with Crippen LogP contribution in [-0.2, 0) is 16.1 Å². The van der Waals surface area contributed by atoms with Crippen LogP contribution in [0.3, 0.4) is 0 Å². The van der Waals surface area contributed by atoms with Gasteiger partial charge in [-0.05, 0) is 53.8 Å². The van der Waals surface area contributed by atoms with E-state index in [0.717, 1.165) is 35.5 Å². The molecule has 3 fully saturated rings. The van der Waals surface area contributed by atoms with Crippen LogP contribution in [-0.4, -0.2) is 62.4 Å². The van der Waals surface area contributed by atoms with E-state index in [4.69, 9.17) is 19.7 Å². The highest BCUT2D eigenvalue weighted by Crippen LogP contribution is 2.43. The molecule has 9 nitrogen and oxygen atoms in total. The summed E-state index contributed by atoms with van der Waals surface area (Å²) in [5, 5.41) is 10.4. The fourth-order valence-electron chi connectivity index (χ4n) is 4.06. The van der Waals surface area contributed by atoms with E-state index in [9.17, 15) is 4.39 Å². The molecule has 3 aliphatic rings. The number of ether oxygens (including phenoxy) is 1. The van der Waals surface area contributed by atoms with E-state index < -0.39 is 5.67 Å². The number of halogens is 2. The SMILES string of the molecule is CONc1cn(PI)nc1-c1cc2c(cn1)c(N1CC(OC3CC3)C1)nn2CC1(F)CC1. The van der Waals surface area contributed by atoms with Gasteiger partial charge >= 0.3 is 0 Å².